The number of allylic oxidation sites excluding steroid dienone is 4. The van der Waals surface area contributed by atoms with E-state index in [1.807, 2.05) is 0 Å². The van der Waals surface area contributed by atoms with Gasteiger partial charge in [-0.15, -0.1) is 0 Å². The van der Waals surface area contributed by atoms with Gasteiger partial charge in [0.25, 0.3) is 0 Å². The van der Waals surface area contributed by atoms with Gasteiger partial charge in [-0.25, -0.2) is 18.4 Å². The van der Waals surface area contributed by atoms with Crippen molar-refractivity contribution in [1.82, 2.24) is 0 Å². The summed E-state index contributed by atoms with van der Waals surface area (Å²) < 4.78 is 44.6. The van der Waals surface area contributed by atoms with Crippen molar-refractivity contribution >= 4 is 17.9 Å². The van der Waals surface area contributed by atoms with Gasteiger partial charge in [-0.05, 0) is 86.8 Å². The molecule has 7 aliphatic carbocycles. The minimum atomic E-state index is -2.33. The quantitative estimate of drug-likeness (QED) is 0.493. The number of fused-ring (bicyclic) bond motifs is 5. The number of hydrogen-bond donors (Lipinski definition) is 2. The molecule has 212 valence electrons. The minimum Gasteiger partial charge on any atom is -0.478 e. The van der Waals surface area contributed by atoms with Crippen LogP contribution in [0.5, 0.6) is 0 Å². The molecule has 6 fully saturated rings. The lowest BCUT2D eigenvalue weighted by Gasteiger charge is -2.62. The van der Waals surface area contributed by atoms with Gasteiger partial charge in [-0.2, -0.15) is 0 Å². The number of aliphatic hydroxyl groups excluding tert-OH is 1. The van der Waals surface area contributed by atoms with E-state index in [-0.39, 0.29) is 30.9 Å². The van der Waals surface area contributed by atoms with Gasteiger partial charge in [-0.3, -0.25) is 4.79 Å². The van der Waals surface area contributed by atoms with E-state index in [1.54, 1.807) is 13.8 Å². The Kier molecular flexibility index (Phi) is 4.94. The van der Waals surface area contributed by atoms with Crippen molar-refractivity contribution in [1.29, 1.82) is 0 Å². The lowest BCUT2D eigenvalue weighted by molar-refractivity contribution is -0.232. The number of ether oxygens (including phenoxy) is 2. The van der Waals surface area contributed by atoms with E-state index in [9.17, 15) is 24.6 Å². The molecule has 39 heavy (non-hydrogen) atoms. The zero-order valence-corrected chi connectivity index (χ0v) is 22.5. The van der Waals surface area contributed by atoms with Gasteiger partial charge in [-0.1, -0.05) is 19.9 Å². The van der Waals surface area contributed by atoms with Gasteiger partial charge >= 0.3 is 12.1 Å². The number of alkyl halides is 2. The molecular formula is C30H36F2O7. The smallest absolute Gasteiger partial charge is 0.478 e. The molecule has 0 heterocycles. The van der Waals surface area contributed by atoms with Gasteiger partial charge in [0.05, 0.1) is 6.10 Å². The van der Waals surface area contributed by atoms with Crippen LogP contribution in [0.15, 0.2) is 23.8 Å². The topological polar surface area (TPSA) is 110 Å². The first-order valence-electron chi connectivity index (χ1n) is 14.3. The highest BCUT2D eigenvalue weighted by Gasteiger charge is 2.79. The molecule has 0 saturated heterocycles. The summed E-state index contributed by atoms with van der Waals surface area (Å²) in [6, 6.07) is 0. The van der Waals surface area contributed by atoms with Crippen molar-refractivity contribution < 1.29 is 42.9 Å². The molecule has 1 spiro atoms. The predicted octanol–water partition coefficient (Wildman–Crippen LogP) is 4.72. The van der Waals surface area contributed by atoms with E-state index in [2.05, 4.69) is 0 Å². The number of carboxylic acids is 1. The van der Waals surface area contributed by atoms with Crippen LogP contribution in [0.1, 0.15) is 65.7 Å². The number of rotatable bonds is 3. The number of carbonyl (C=O) groups is 3. The van der Waals surface area contributed by atoms with E-state index < -0.39 is 70.0 Å². The van der Waals surface area contributed by atoms with Gasteiger partial charge < -0.3 is 19.7 Å². The fraction of sp³-hybridized carbons (Fsp3) is 0.767. The fourth-order valence-electron chi connectivity index (χ4n) is 10.8. The first-order chi connectivity index (χ1) is 18.2. The molecule has 0 bridgehead atoms. The number of carbonyl (C=O) groups excluding carboxylic acids is 2. The summed E-state index contributed by atoms with van der Waals surface area (Å²) in [7, 11) is 0. The van der Waals surface area contributed by atoms with Crippen LogP contribution in [0.2, 0.25) is 0 Å². The number of aliphatic carboxylic acids is 1. The van der Waals surface area contributed by atoms with Crippen LogP contribution in [0.3, 0.4) is 0 Å². The maximum Gasteiger partial charge on any atom is 0.509 e. The molecule has 0 aliphatic heterocycles. The molecular weight excluding hydrogens is 510 g/mol. The maximum absolute atomic E-state index is 17.4. The van der Waals surface area contributed by atoms with E-state index in [1.165, 1.54) is 25.5 Å². The van der Waals surface area contributed by atoms with Crippen molar-refractivity contribution in [2.45, 2.75) is 95.4 Å². The highest BCUT2D eigenvalue weighted by atomic mass is 19.1. The summed E-state index contributed by atoms with van der Waals surface area (Å²) in [4.78, 5) is 38.3. The second-order valence-corrected chi connectivity index (χ2v) is 14.1. The molecule has 2 N–H and O–H groups in total. The molecule has 0 aromatic carbocycles. The van der Waals surface area contributed by atoms with Crippen LogP contribution >= 0.6 is 0 Å². The van der Waals surface area contributed by atoms with Crippen LogP contribution in [0.4, 0.5) is 13.6 Å². The molecule has 0 radical (unpaired) electrons. The molecule has 13 atom stereocenters. The first-order valence-corrected chi connectivity index (χ1v) is 14.3. The normalized spacial score (nSPS) is 56.2. The van der Waals surface area contributed by atoms with Crippen LogP contribution < -0.4 is 0 Å². The van der Waals surface area contributed by atoms with Crippen molar-refractivity contribution in [3.8, 4) is 0 Å². The molecule has 1 unspecified atom stereocenters. The Morgan fingerprint density at radius 1 is 1.10 bits per heavy atom. The highest BCUT2D eigenvalue weighted by molar-refractivity contribution is 6.01. The lowest BCUT2D eigenvalue weighted by Crippen LogP contribution is -2.71. The second-order valence-electron chi connectivity index (χ2n) is 14.1. The number of carboxylic acid groups (broad SMARTS) is 1. The van der Waals surface area contributed by atoms with Gasteiger partial charge in [0.2, 0.25) is 5.60 Å². The summed E-state index contributed by atoms with van der Waals surface area (Å²) in [5.74, 6) is -3.42. The van der Waals surface area contributed by atoms with Crippen molar-refractivity contribution in [2.75, 3.05) is 0 Å². The summed E-state index contributed by atoms with van der Waals surface area (Å²) in [5, 5.41) is 22.1. The SMILES string of the molecule is C[C@@H]1C[C@H]2[C@@H]3C[C@H](F)C4=CC(=O)C=C[C@]4(C)[C@@]3(F)[C@@H](O)C[C@]2(C)[C@@]1(OC(=O)O[C@H]1C[C@@H]2CC23CC[C@@H]13)C(=O)O. The van der Waals surface area contributed by atoms with Gasteiger partial charge in [0.1, 0.15) is 12.3 Å². The van der Waals surface area contributed by atoms with Crippen LogP contribution in [0.25, 0.3) is 0 Å². The summed E-state index contributed by atoms with van der Waals surface area (Å²) >= 11 is 0. The molecule has 7 rings (SSSR count). The third kappa shape index (κ3) is 2.78. The van der Waals surface area contributed by atoms with Crippen molar-refractivity contribution in [3.05, 3.63) is 23.8 Å². The molecule has 9 heteroatoms. The average molecular weight is 547 g/mol. The van der Waals surface area contributed by atoms with Crippen LogP contribution in [-0.2, 0) is 19.1 Å². The third-order valence-electron chi connectivity index (χ3n) is 12.9. The Labute approximate surface area is 226 Å². The summed E-state index contributed by atoms with van der Waals surface area (Å²) in [6.07, 6.45) is 2.71. The molecule has 7 aliphatic rings. The van der Waals surface area contributed by atoms with E-state index in [0.717, 1.165) is 25.3 Å². The van der Waals surface area contributed by atoms with E-state index in [0.29, 0.717) is 17.3 Å². The Bertz CT molecular complexity index is 1240. The lowest BCUT2D eigenvalue weighted by atomic mass is 9.44. The maximum atomic E-state index is 17.4. The van der Waals surface area contributed by atoms with Crippen LogP contribution in [0, 0.1) is 45.8 Å². The number of hydrogen-bond acceptors (Lipinski definition) is 6. The Hall–Kier alpha value is -2.29. The zero-order valence-electron chi connectivity index (χ0n) is 22.5. The first kappa shape index (κ1) is 25.7. The summed E-state index contributed by atoms with van der Waals surface area (Å²) in [6.45, 7) is 4.78. The molecule has 6 saturated carbocycles. The van der Waals surface area contributed by atoms with Gasteiger partial charge in [0.15, 0.2) is 11.5 Å². The number of aliphatic hydroxyl groups is 1. The zero-order chi connectivity index (χ0) is 27.9. The number of halogens is 2. The minimum absolute atomic E-state index is 0.00940. The monoisotopic (exact) mass is 546 g/mol. The fourth-order valence-corrected chi connectivity index (χ4v) is 10.8. The van der Waals surface area contributed by atoms with E-state index in [4.69, 9.17) is 9.47 Å². The highest BCUT2D eigenvalue weighted by Crippen LogP contribution is 2.76. The Morgan fingerprint density at radius 2 is 1.85 bits per heavy atom. The third-order valence-corrected chi connectivity index (χ3v) is 12.9. The molecule has 7 nitrogen and oxygen atoms in total. The van der Waals surface area contributed by atoms with E-state index >= 15 is 8.78 Å². The van der Waals surface area contributed by atoms with Crippen molar-refractivity contribution in [2.24, 2.45) is 45.8 Å². The predicted molar refractivity (Wildman–Crippen MR) is 133 cm³/mol. The molecule has 0 aromatic heterocycles. The Balaban J connectivity index is 1.22. The second kappa shape index (κ2) is 7.51. The summed E-state index contributed by atoms with van der Waals surface area (Å²) in [5.41, 5.74) is -7.04. The largest absolute Gasteiger partial charge is 0.509 e. The molecule has 0 amide bonds. The van der Waals surface area contributed by atoms with Crippen LogP contribution in [-0.4, -0.2) is 57.8 Å². The number of ketones is 1. The van der Waals surface area contributed by atoms with Gasteiger partial charge in [0, 0.05) is 28.6 Å². The standard InChI is InChI=1S/C30H36F2O7/c1-14-8-18-19-11-21(31)20-10-16(33)4-6-26(20,2)29(19,32)23(34)13-27(18,3)30(14,24(35)36)39-25(37)38-22-9-15-12-28(15)7-5-17(22)28/h4,6,10,14-15,17-19,21-23,34H,5,7-9,11-13H2,1-3H3,(H,35,36)/t14-,15-,17+,18+,19+,21+,22+,23+,26+,27+,28?,29+,30+/m1/s1. The average Bonchev–Trinajstić information content (AvgIpc) is 3.48. The van der Waals surface area contributed by atoms with Crippen molar-refractivity contribution in [3.63, 3.8) is 0 Å². The Morgan fingerprint density at radius 3 is 2.49 bits per heavy atom. The molecule has 0 aromatic rings.